The second-order valence-corrected chi connectivity index (χ2v) is 5.60. The minimum absolute atomic E-state index is 0.903. The largest absolute Gasteiger partial charge is 0.306 e. The fraction of sp³-hybridized carbons (Fsp3) is 0.500. The van der Waals surface area contributed by atoms with Crippen LogP contribution < -0.4 is 0 Å². The second-order valence-electron chi connectivity index (χ2n) is 5.60. The van der Waals surface area contributed by atoms with Gasteiger partial charge in [0.25, 0.3) is 0 Å². The molecule has 3 rings (SSSR count). The molecule has 3 heteroatoms. The zero-order valence-corrected chi connectivity index (χ0v) is 13.5. The normalized spacial score (nSPS) is 16.3. The van der Waals surface area contributed by atoms with Gasteiger partial charge in [-0.25, -0.2) is 4.98 Å². The summed E-state index contributed by atoms with van der Waals surface area (Å²) in [6.07, 6.45) is 8.30. The predicted octanol–water partition coefficient (Wildman–Crippen LogP) is 4.13. The number of rotatable bonds is 3. The van der Waals surface area contributed by atoms with Gasteiger partial charge in [0.05, 0.1) is 6.33 Å². The highest BCUT2D eigenvalue weighted by Crippen LogP contribution is 2.18. The average molecular weight is 285 g/mol. The van der Waals surface area contributed by atoms with E-state index in [1.807, 2.05) is 37.1 Å². The molecular formula is C18H27N3. The number of imidazole rings is 1. The van der Waals surface area contributed by atoms with Crippen molar-refractivity contribution in [2.45, 2.75) is 40.2 Å². The van der Waals surface area contributed by atoms with Gasteiger partial charge in [0.1, 0.15) is 0 Å². The molecule has 1 aliphatic rings. The van der Waals surface area contributed by atoms with Gasteiger partial charge in [-0.1, -0.05) is 32.9 Å². The molecule has 1 aromatic carbocycles. The van der Waals surface area contributed by atoms with Crippen molar-refractivity contribution in [3.63, 3.8) is 0 Å². The lowest BCUT2D eigenvalue weighted by molar-refractivity contribution is 0.185. The van der Waals surface area contributed by atoms with Gasteiger partial charge < -0.3 is 4.57 Å². The van der Waals surface area contributed by atoms with Gasteiger partial charge in [-0.2, -0.15) is 0 Å². The van der Waals surface area contributed by atoms with Crippen LogP contribution in [0.2, 0.25) is 0 Å². The molecule has 0 unspecified atom stereocenters. The van der Waals surface area contributed by atoms with E-state index in [9.17, 15) is 0 Å². The first-order chi connectivity index (χ1) is 10.3. The molecule has 1 fully saturated rings. The van der Waals surface area contributed by atoms with Crippen molar-refractivity contribution in [3.8, 4) is 5.69 Å². The Hall–Kier alpha value is -1.61. The van der Waals surface area contributed by atoms with Crippen molar-refractivity contribution in [2.24, 2.45) is 5.92 Å². The van der Waals surface area contributed by atoms with E-state index in [-0.39, 0.29) is 0 Å². The first-order valence-electron chi connectivity index (χ1n) is 8.11. The molecule has 0 radical (unpaired) electrons. The summed E-state index contributed by atoms with van der Waals surface area (Å²) in [6.45, 7) is 9.92. The lowest BCUT2D eigenvalue weighted by atomic mass is 9.99. The molecule has 0 saturated carbocycles. The molecule has 0 spiro atoms. The first kappa shape index (κ1) is 15.8. The Morgan fingerprint density at radius 2 is 1.76 bits per heavy atom. The summed E-state index contributed by atoms with van der Waals surface area (Å²) >= 11 is 0. The monoisotopic (exact) mass is 285 g/mol. The smallest absolute Gasteiger partial charge is 0.0991 e. The molecule has 1 aliphatic heterocycles. The van der Waals surface area contributed by atoms with E-state index in [1.54, 1.807) is 0 Å². The molecule has 0 bridgehead atoms. The van der Waals surface area contributed by atoms with E-state index in [0.717, 1.165) is 12.5 Å². The minimum atomic E-state index is 0.903. The molecule has 114 valence electrons. The molecule has 1 aromatic heterocycles. The topological polar surface area (TPSA) is 21.1 Å². The van der Waals surface area contributed by atoms with E-state index in [1.165, 1.54) is 37.2 Å². The Labute approximate surface area is 128 Å². The van der Waals surface area contributed by atoms with E-state index in [2.05, 4.69) is 41.1 Å². The van der Waals surface area contributed by atoms with Crippen molar-refractivity contribution in [1.82, 2.24) is 14.5 Å². The molecular weight excluding hydrogens is 258 g/mol. The van der Waals surface area contributed by atoms with Crippen LogP contribution in [0.1, 0.15) is 39.2 Å². The Kier molecular flexibility index (Phi) is 6.00. The van der Waals surface area contributed by atoms with Crippen molar-refractivity contribution in [3.05, 3.63) is 48.5 Å². The zero-order valence-electron chi connectivity index (χ0n) is 13.5. The highest BCUT2D eigenvalue weighted by atomic mass is 15.1. The minimum Gasteiger partial charge on any atom is -0.306 e. The van der Waals surface area contributed by atoms with Crippen LogP contribution >= 0.6 is 0 Å². The van der Waals surface area contributed by atoms with Crippen LogP contribution in [0.25, 0.3) is 5.69 Å². The molecule has 0 amide bonds. The first-order valence-corrected chi connectivity index (χ1v) is 8.11. The van der Waals surface area contributed by atoms with Gasteiger partial charge in [-0.3, -0.25) is 4.90 Å². The second kappa shape index (κ2) is 7.99. The molecule has 3 nitrogen and oxygen atoms in total. The Morgan fingerprint density at radius 3 is 2.33 bits per heavy atom. The van der Waals surface area contributed by atoms with Gasteiger partial charge in [-0.05, 0) is 49.5 Å². The van der Waals surface area contributed by atoms with Gasteiger partial charge >= 0.3 is 0 Å². The molecule has 0 N–H and O–H groups in total. The number of hydrogen-bond donors (Lipinski definition) is 0. The molecule has 2 heterocycles. The van der Waals surface area contributed by atoms with Crippen molar-refractivity contribution < 1.29 is 0 Å². The number of piperidine rings is 1. The molecule has 0 atom stereocenters. The third kappa shape index (κ3) is 4.43. The van der Waals surface area contributed by atoms with Gasteiger partial charge in [-0.15, -0.1) is 0 Å². The number of hydrogen-bond acceptors (Lipinski definition) is 2. The van der Waals surface area contributed by atoms with Crippen LogP contribution in [0.5, 0.6) is 0 Å². The summed E-state index contributed by atoms with van der Waals surface area (Å²) in [5.74, 6) is 0.903. The maximum absolute atomic E-state index is 4.08. The summed E-state index contributed by atoms with van der Waals surface area (Å²) < 4.78 is 2.03. The molecule has 21 heavy (non-hydrogen) atoms. The number of likely N-dealkylation sites (tertiary alicyclic amines) is 1. The van der Waals surface area contributed by atoms with E-state index in [4.69, 9.17) is 0 Å². The number of aromatic nitrogens is 2. The maximum Gasteiger partial charge on any atom is 0.0991 e. The van der Waals surface area contributed by atoms with E-state index < -0.39 is 0 Å². The fourth-order valence-corrected chi connectivity index (χ4v) is 2.66. The zero-order chi connectivity index (χ0) is 15.1. The molecule has 1 saturated heterocycles. The summed E-state index contributed by atoms with van der Waals surface area (Å²) in [5.41, 5.74) is 2.58. The van der Waals surface area contributed by atoms with Crippen LogP contribution in [-0.4, -0.2) is 27.5 Å². The van der Waals surface area contributed by atoms with E-state index in [0.29, 0.717) is 0 Å². The van der Waals surface area contributed by atoms with Gasteiger partial charge in [0, 0.05) is 24.6 Å². The lowest BCUT2D eigenvalue weighted by Gasteiger charge is -2.30. The standard InChI is InChI=1S/C16H21N3.C2H6/c1-14-6-9-18(10-7-14)12-15-2-4-16(5-3-15)19-11-8-17-13-19;1-2/h2-5,8,11,13-14H,6-7,9-10,12H2,1H3;1-2H3. The summed E-state index contributed by atoms with van der Waals surface area (Å²) in [5, 5.41) is 0. The van der Waals surface area contributed by atoms with Crippen LogP contribution in [0.15, 0.2) is 43.0 Å². The van der Waals surface area contributed by atoms with Crippen molar-refractivity contribution in [1.29, 1.82) is 0 Å². The quantitative estimate of drug-likeness (QED) is 0.845. The predicted molar refractivity (Wildman–Crippen MR) is 88.6 cm³/mol. The molecule has 0 aliphatic carbocycles. The van der Waals surface area contributed by atoms with Crippen LogP contribution in [0.3, 0.4) is 0 Å². The van der Waals surface area contributed by atoms with Crippen LogP contribution in [0.4, 0.5) is 0 Å². The van der Waals surface area contributed by atoms with Crippen LogP contribution in [0, 0.1) is 5.92 Å². The van der Waals surface area contributed by atoms with E-state index >= 15 is 0 Å². The van der Waals surface area contributed by atoms with Crippen LogP contribution in [-0.2, 0) is 6.54 Å². The third-order valence-corrected chi connectivity index (χ3v) is 4.02. The van der Waals surface area contributed by atoms with Crippen molar-refractivity contribution in [2.75, 3.05) is 13.1 Å². The Bertz CT molecular complexity index is 494. The average Bonchev–Trinajstić information content (AvgIpc) is 3.07. The lowest BCUT2D eigenvalue weighted by Crippen LogP contribution is -2.32. The third-order valence-electron chi connectivity index (χ3n) is 4.02. The fourth-order valence-electron chi connectivity index (χ4n) is 2.66. The number of benzene rings is 1. The molecule has 2 aromatic rings. The van der Waals surface area contributed by atoms with Crippen molar-refractivity contribution >= 4 is 0 Å². The summed E-state index contributed by atoms with van der Waals surface area (Å²) in [7, 11) is 0. The Morgan fingerprint density at radius 1 is 1.10 bits per heavy atom. The number of nitrogens with zero attached hydrogens (tertiary/aromatic N) is 3. The van der Waals surface area contributed by atoms with Gasteiger partial charge in [0.15, 0.2) is 0 Å². The summed E-state index contributed by atoms with van der Waals surface area (Å²) in [4.78, 5) is 6.64. The highest BCUT2D eigenvalue weighted by Gasteiger charge is 2.15. The highest BCUT2D eigenvalue weighted by molar-refractivity contribution is 5.34. The summed E-state index contributed by atoms with van der Waals surface area (Å²) in [6, 6.07) is 8.80. The Balaban J connectivity index is 0.000000774. The maximum atomic E-state index is 4.08. The SMILES string of the molecule is CC.CC1CCN(Cc2ccc(-n3ccnc3)cc2)CC1. The van der Waals surface area contributed by atoms with Gasteiger partial charge in [0.2, 0.25) is 0 Å².